The smallest absolute Gasteiger partial charge is 0.178 e. The van der Waals surface area contributed by atoms with E-state index in [1.54, 1.807) is 0 Å². The number of Topliss-reactive ketones (excluding diaryl/α,β-unsaturated/α-hetero) is 1. The van der Waals surface area contributed by atoms with Crippen molar-refractivity contribution in [1.82, 2.24) is 1.33 Å². The SMILES string of the molecule is O=C(c1ccccc1)C(I)C(I)N(I)I. The van der Waals surface area contributed by atoms with E-state index >= 15 is 0 Å². The molecule has 0 aliphatic carbocycles. The van der Waals surface area contributed by atoms with E-state index in [0.29, 0.717) is 0 Å². The minimum atomic E-state index is -0.0283. The summed E-state index contributed by atoms with van der Waals surface area (Å²) >= 11 is 8.87. The second kappa shape index (κ2) is 7.26. The maximum atomic E-state index is 12.0. The van der Waals surface area contributed by atoms with Gasteiger partial charge in [-0.15, -0.1) is 0 Å². The van der Waals surface area contributed by atoms with Crippen molar-refractivity contribution in [2.24, 2.45) is 0 Å². The molecule has 82 valence electrons. The molecule has 0 saturated carbocycles. The van der Waals surface area contributed by atoms with E-state index in [9.17, 15) is 4.79 Å². The minimum Gasteiger partial charge on any atom is -0.293 e. The average molecular weight is 653 g/mol. The van der Waals surface area contributed by atoms with Gasteiger partial charge in [-0.1, -0.05) is 75.5 Å². The molecule has 2 atom stereocenters. The Labute approximate surface area is 144 Å². The molecule has 0 radical (unpaired) electrons. The van der Waals surface area contributed by atoms with Crippen molar-refractivity contribution < 1.29 is 4.79 Å². The number of nitrogens with zero attached hydrogens (tertiary/aromatic N) is 1. The lowest BCUT2D eigenvalue weighted by molar-refractivity contribution is 0.0992. The average Bonchev–Trinajstić information content (AvgIpc) is 2.27. The highest BCUT2D eigenvalue weighted by molar-refractivity contribution is 14.2. The first kappa shape index (κ1) is 14.8. The first-order valence-corrected chi connectivity index (χ1v) is 8.44. The Balaban J connectivity index is 2.78. The lowest BCUT2D eigenvalue weighted by Gasteiger charge is -2.18. The highest BCUT2D eigenvalue weighted by Gasteiger charge is 2.27. The Bertz CT molecular complexity index is 330. The number of ketones is 1. The molecule has 0 amide bonds. The minimum absolute atomic E-state index is 0.0283. The predicted molar refractivity (Wildman–Crippen MR) is 96.3 cm³/mol. The van der Waals surface area contributed by atoms with Crippen molar-refractivity contribution in [3.05, 3.63) is 35.9 Å². The summed E-state index contributed by atoms with van der Waals surface area (Å²) in [5, 5.41) is 0. The predicted octanol–water partition coefficient (Wildman–Crippen LogP) is 4.44. The largest absolute Gasteiger partial charge is 0.293 e. The van der Waals surface area contributed by atoms with Crippen LogP contribution < -0.4 is 0 Å². The molecular weight excluding hydrogens is 646 g/mol. The van der Waals surface area contributed by atoms with Gasteiger partial charge in [0.15, 0.2) is 5.78 Å². The second-order valence-electron chi connectivity index (χ2n) is 2.76. The van der Waals surface area contributed by atoms with Gasteiger partial charge in [-0.05, 0) is 0 Å². The van der Waals surface area contributed by atoms with Gasteiger partial charge in [-0.25, -0.2) is 0 Å². The van der Waals surface area contributed by atoms with E-state index < -0.39 is 0 Å². The first-order chi connectivity index (χ1) is 7.04. The Morgan fingerprint density at radius 1 is 1.13 bits per heavy atom. The molecule has 0 heterocycles. The van der Waals surface area contributed by atoms with E-state index in [4.69, 9.17) is 0 Å². The number of carbonyl (C=O) groups is 1. The Hall–Kier alpha value is 1.77. The Kier molecular flexibility index (Phi) is 7.18. The van der Waals surface area contributed by atoms with Gasteiger partial charge in [-0.2, -0.15) is 1.33 Å². The third kappa shape index (κ3) is 4.50. The van der Waals surface area contributed by atoms with Crippen molar-refractivity contribution in [3.63, 3.8) is 0 Å². The van der Waals surface area contributed by atoms with Crippen LogP contribution in [-0.2, 0) is 0 Å². The summed E-state index contributed by atoms with van der Waals surface area (Å²) in [6.07, 6.45) is 0. The van der Waals surface area contributed by atoms with E-state index in [-0.39, 0.29) is 13.8 Å². The summed E-state index contributed by atoms with van der Waals surface area (Å²) in [6, 6.07) is 9.43. The summed E-state index contributed by atoms with van der Waals surface area (Å²) in [6.45, 7) is 0. The van der Waals surface area contributed by atoms with Crippen LogP contribution in [0.4, 0.5) is 0 Å². The third-order valence-electron chi connectivity index (χ3n) is 1.74. The molecule has 15 heavy (non-hydrogen) atoms. The van der Waals surface area contributed by atoms with Gasteiger partial charge in [0, 0.05) is 51.3 Å². The third-order valence-corrected chi connectivity index (χ3v) is 8.97. The van der Waals surface area contributed by atoms with Crippen LogP contribution in [0.1, 0.15) is 10.4 Å². The van der Waals surface area contributed by atoms with Crippen LogP contribution in [0, 0.1) is 0 Å². The van der Waals surface area contributed by atoms with Crippen molar-refractivity contribution >= 4 is 96.7 Å². The van der Waals surface area contributed by atoms with E-state index in [0.717, 1.165) is 5.56 Å². The van der Waals surface area contributed by atoms with Crippen molar-refractivity contribution in [2.75, 3.05) is 0 Å². The summed E-state index contributed by atoms with van der Waals surface area (Å²) in [7, 11) is 0. The van der Waals surface area contributed by atoms with E-state index in [1.165, 1.54) is 0 Å². The standard InChI is InChI=1S/C9H7I4NO/c10-7(9(11)14(12)13)8(15)6-4-2-1-3-5-6/h1-5,7,9H. The van der Waals surface area contributed by atoms with Gasteiger partial charge in [0.05, 0.1) is 0 Å². The van der Waals surface area contributed by atoms with E-state index in [1.807, 2.05) is 31.7 Å². The number of hydrogen-bond acceptors (Lipinski definition) is 2. The fraction of sp³-hybridized carbons (Fsp3) is 0.222. The maximum absolute atomic E-state index is 12.0. The summed E-state index contributed by atoms with van der Waals surface area (Å²) in [4.78, 5) is 12.0. The Morgan fingerprint density at radius 2 is 1.67 bits per heavy atom. The molecule has 1 aromatic carbocycles. The monoisotopic (exact) mass is 653 g/mol. The van der Waals surface area contributed by atoms with Crippen LogP contribution in [0.5, 0.6) is 0 Å². The zero-order valence-corrected chi connectivity index (χ0v) is 16.0. The van der Waals surface area contributed by atoms with Gasteiger partial charge in [0.1, 0.15) is 7.97 Å². The summed E-state index contributed by atoms with van der Waals surface area (Å²) in [5.74, 6) is 0.189. The van der Waals surface area contributed by atoms with Crippen molar-refractivity contribution in [2.45, 2.75) is 7.97 Å². The van der Waals surface area contributed by atoms with Gasteiger partial charge >= 0.3 is 0 Å². The molecule has 0 aliphatic rings. The molecule has 1 rings (SSSR count). The topological polar surface area (TPSA) is 20.3 Å². The van der Waals surface area contributed by atoms with Crippen LogP contribution in [-0.4, -0.2) is 15.1 Å². The molecule has 2 unspecified atom stereocenters. The number of carbonyl (C=O) groups excluding carboxylic acids is 1. The fourth-order valence-corrected chi connectivity index (χ4v) is 3.87. The molecule has 0 bridgehead atoms. The fourth-order valence-electron chi connectivity index (χ4n) is 0.985. The van der Waals surface area contributed by atoms with E-state index in [2.05, 4.69) is 90.9 Å². The highest BCUT2D eigenvalue weighted by atomic mass is 127. The molecule has 0 fully saturated rings. The zero-order chi connectivity index (χ0) is 11.4. The molecule has 2 nitrogen and oxygen atoms in total. The molecule has 0 spiro atoms. The van der Waals surface area contributed by atoms with Crippen LogP contribution in [0.3, 0.4) is 0 Å². The van der Waals surface area contributed by atoms with Gasteiger partial charge in [0.2, 0.25) is 0 Å². The summed E-state index contributed by atoms with van der Waals surface area (Å²) in [5.41, 5.74) is 0.785. The highest BCUT2D eigenvalue weighted by Crippen LogP contribution is 2.28. The number of hydrogen-bond donors (Lipinski definition) is 0. The molecule has 1 aromatic rings. The number of benzene rings is 1. The van der Waals surface area contributed by atoms with Crippen molar-refractivity contribution in [3.8, 4) is 0 Å². The Morgan fingerprint density at radius 3 is 2.13 bits per heavy atom. The maximum Gasteiger partial charge on any atom is 0.178 e. The summed E-state index contributed by atoms with van der Waals surface area (Å²) < 4.78 is 2.16. The molecule has 0 aromatic heterocycles. The number of alkyl halides is 2. The molecular formula is C9H7I4NO. The lowest BCUT2D eigenvalue weighted by atomic mass is 10.1. The second-order valence-corrected chi connectivity index (χ2v) is 9.31. The first-order valence-electron chi connectivity index (χ1n) is 4.02. The van der Waals surface area contributed by atoms with Crippen LogP contribution >= 0.6 is 90.9 Å². The molecule has 0 N–H and O–H groups in total. The van der Waals surface area contributed by atoms with Gasteiger partial charge in [0.25, 0.3) is 0 Å². The van der Waals surface area contributed by atoms with Crippen LogP contribution in [0.15, 0.2) is 30.3 Å². The van der Waals surface area contributed by atoms with Crippen LogP contribution in [0.2, 0.25) is 0 Å². The molecule has 0 aliphatic heterocycles. The quantitative estimate of drug-likeness (QED) is 0.158. The van der Waals surface area contributed by atoms with Gasteiger partial charge in [-0.3, -0.25) is 4.79 Å². The normalized spacial score (nSPS) is 15.0. The zero-order valence-electron chi connectivity index (χ0n) is 7.41. The molecule has 0 saturated heterocycles. The van der Waals surface area contributed by atoms with Crippen LogP contribution in [0.25, 0.3) is 0 Å². The van der Waals surface area contributed by atoms with Crippen molar-refractivity contribution in [1.29, 1.82) is 0 Å². The van der Waals surface area contributed by atoms with Gasteiger partial charge < -0.3 is 0 Å². The molecule has 6 heteroatoms. The number of halogens is 4. The lowest BCUT2D eigenvalue weighted by Crippen LogP contribution is -2.29. The number of rotatable bonds is 4.